The van der Waals surface area contributed by atoms with Gasteiger partial charge in [-0.25, -0.2) is 0 Å². The lowest BCUT2D eigenvalue weighted by atomic mass is 10.0. The van der Waals surface area contributed by atoms with Crippen LogP contribution in [0.5, 0.6) is 0 Å². The molecule has 2 aromatic heterocycles. The highest BCUT2D eigenvalue weighted by Gasteiger charge is 2.34. The molecule has 10 heteroatoms. The highest BCUT2D eigenvalue weighted by Crippen LogP contribution is 2.22. The maximum Gasteiger partial charge on any atom is 0.260 e. The molecule has 0 aliphatic rings. The quantitative estimate of drug-likeness (QED) is 0.302. The third-order valence-corrected chi connectivity index (χ3v) is 3.82. The van der Waals surface area contributed by atoms with Crippen LogP contribution in [0.4, 0.5) is 0 Å². The number of hydrogen-bond donors (Lipinski definition) is 6. The first-order valence-electron chi connectivity index (χ1n) is 7.15. The molecule has 3 aromatic rings. The summed E-state index contributed by atoms with van der Waals surface area (Å²) in [6.07, 6.45) is -6.98. The number of aromatic amines is 1. The zero-order valence-corrected chi connectivity index (χ0v) is 12.3. The van der Waals surface area contributed by atoms with Crippen LogP contribution >= 0.6 is 0 Å². The van der Waals surface area contributed by atoms with Gasteiger partial charge in [0.15, 0.2) is 5.82 Å². The van der Waals surface area contributed by atoms with Crippen molar-refractivity contribution in [1.29, 1.82) is 0 Å². The van der Waals surface area contributed by atoms with Crippen LogP contribution in [-0.2, 0) is 0 Å². The first kappa shape index (κ1) is 16.5. The van der Waals surface area contributed by atoms with Crippen LogP contribution in [0.25, 0.3) is 16.7 Å². The van der Waals surface area contributed by atoms with Gasteiger partial charge < -0.3 is 25.5 Å². The van der Waals surface area contributed by atoms with Crippen LogP contribution < -0.4 is 5.56 Å². The van der Waals surface area contributed by atoms with Gasteiger partial charge >= 0.3 is 0 Å². The molecule has 0 bridgehead atoms. The van der Waals surface area contributed by atoms with Gasteiger partial charge in [-0.05, 0) is 12.1 Å². The number of H-pyrrole nitrogens is 1. The molecular weight excluding hydrogens is 320 g/mol. The number of benzene rings is 1. The zero-order valence-electron chi connectivity index (χ0n) is 12.3. The molecule has 1 aromatic carbocycles. The molecule has 0 radical (unpaired) electrons. The molecule has 128 valence electrons. The third kappa shape index (κ3) is 2.56. The van der Waals surface area contributed by atoms with Crippen molar-refractivity contribution in [1.82, 2.24) is 19.6 Å². The number of rotatable bonds is 5. The second-order valence-corrected chi connectivity index (χ2v) is 5.36. The summed E-state index contributed by atoms with van der Waals surface area (Å²) in [5.74, 6) is -0.0775. The Morgan fingerprint density at radius 2 is 1.79 bits per heavy atom. The van der Waals surface area contributed by atoms with E-state index < -0.39 is 31.0 Å². The van der Waals surface area contributed by atoms with Crippen LogP contribution in [0.2, 0.25) is 0 Å². The average Bonchev–Trinajstić information content (AvgIpc) is 3.03. The minimum absolute atomic E-state index is 0.0529. The molecule has 0 aliphatic carbocycles. The number of nitrogens with one attached hydrogen (secondary N) is 1. The Morgan fingerprint density at radius 1 is 1.08 bits per heavy atom. The second-order valence-electron chi connectivity index (χ2n) is 5.36. The monoisotopic (exact) mass is 336 g/mol. The van der Waals surface area contributed by atoms with E-state index in [1.807, 2.05) is 0 Å². The summed E-state index contributed by atoms with van der Waals surface area (Å²) >= 11 is 0. The summed E-state index contributed by atoms with van der Waals surface area (Å²) < 4.78 is 1.34. The number of aromatic nitrogens is 4. The lowest BCUT2D eigenvalue weighted by molar-refractivity contribution is -0.118. The number of nitrogens with zero attached hydrogens (tertiary/aromatic N) is 3. The highest BCUT2D eigenvalue weighted by atomic mass is 16.4. The van der Waals surface area contributed by atoms with Gasteiger partial charge in [0.05, 0.1) is 17.5 Å². The lowest BCUT2D eigenvalue weighted by Gasteiger charge is -2.24. The van der Waals surface area contributed by atoms with Crippen molar-refractivity contribution in [2.24, 2.45) is 0 Å². The lowest BCUT2D eigenvalue weighted by Crippen LogP contribution is -2.43. The fourth-order valence-corrected chi connectivity index (χ4v) is 2.51. The predicted octanol–water partition coefficient (Wildman–Crippen LogP) is -2.32. The van der Waals surface area contributed by atoms with Crippen molar-refractivity contribution in [3.05, 3.63) is 40.4 Å². The van der Waals surface area contributed by atoms with E-state index in [0.717, 1.165) is 0 Å². The van der Waals surface area contributed by atoms with Gasteiger partial charge in [-0.1, -0.05) is 12.1 Å². The number of fused-ring (bicyclic) bond motifs is 3. The molecule has 10 nitrogen and oxygen atoms in total. The average molecular weight is 336 g/mol. The van der Waals surface area contributed by atoms with Crippen LogP contribution in [0.3, 0.4) is 0 Å². The molecule has 0 saturated heterocycles. The SMILES string of the molecule is O=c1[nH]c2nnc([C@H](O)[C@@H](O)[C@H](O)[C@H](O)CO)n2c2ccccc12. The first-order chi connectivity index (χ1) is 11.5. The van der Waals surface area contributed by atoms with Crippen LogP contribution in [0, 0.1) is 0 Å². The van der Waals surface area contributed by atoms with Crippen LogP contribution in [0.15, 0.2) is 29.1 Å². The summed E-state index contributed by atoms with van der Waals surface area (Å²) in [6, 6.07) is 6.53. The largest absolute Gasteiger partial charge is 0.394 e. The summed E-state index contributed by atoms with van der Waals surface area (Å²) in [6.45, 7) is -0.790. The van der Waals surface area contributed by atoms with Gasteiger partial charge in [-0.3, -0.25) is 14.2 Å². The van der Waals surface area contributed by atoms with E-state index in [2.05, 4.69) is 15.2 Å². The van der Waals surface area contributed by atoms with E-state index in [-0.39, 0.29) is 17.2 Å². The molecule has 0 unspecified atom stereocenters. The predicted molar refractivity (Wildman–Crippen MR) is 81.2 cm³/mol. The Balaban J connectivity index is 2.13. The van der Waals surface area contributed by atoms with Crippen molar-refractivity contribution in [3.8, 4) is 0 Å². The van der Waals surface area contributed by atoms with Crippen LogP contribution in [-0.4, -0.2) is 70.0 Å². The van der Waals surface area contributed by atoms with Crippen molar-refractivity contribution in [2.75, 3.05) is 6.61 Å². The second kappa shape index (κ2) is 6.26. The summed E-state index contributed by atoms with van der Waals surface area (Å²) in [4.78, 5) is 14.5. The molecule has 0 amide bonds. The number of para-hydroxylation sites is 1. The molecule has 0 saturated carbocycles. The Morgan fingerprint density at radius 3 is 2.50 bits per heavy atom. The van der Waals surface area contributed by atoms with Gasteiger partial charge in [-0.2, -0.15) is 0 Å². The van der Waals surface area contributed by atoms with Gasteiger partial charge in [-0.15, -0.1) is 10.2 Å². The van der Waals surface area contributed by atoms with Crippen LogP contribution in [0.1, 0.15) is 11.9 Å². The van der Waals surface area contributed by atoms with E-state index in [1.54, 1.807) is 24.3 Å². The molecule has 0 aliphatic heterocycles. The van der Waals surface area contributed by atoms with E-state index >= 15 is 0 Å². The minimum Gasteiger partial charge on any atom is -0.394 e. The van der Waals surface area contributed by atoms with E-state index in [9.17, 15) is 25.2 Å². The molecule has 4 atom stereocenters. The molecule has 3 rings (SSSR count). The van der Waals surface area contributed by atoms with Gasteiger partial charge in [0, 0.05) is 0 Å². The maximum absolute atomic E-state index is 12.0. The Labute approximate surface area is 134 Å². The topological polar surface area (TPSA) is 164 Å². The summed E-state index contributed by atoms with van der Waals surface area (Å²) in [5.41, 5.74) is 0.0162. The van der Waals surface area contributed by atoms with Gasteiger partial charge in [0.2, 0.25) is 5.78 Å². The normalized spacial score (nSPS) is 17.0. The van der Waals surface area contributed by atoms with E-state index in [1.165, 1.54) is 4.40 Å². The molecule has 6 N–H and O–H groups in total. The van der Waals surface area contributed by atoms with Crippen molar-refractivity contribution in [2.45, 2.75) is 24.4 Å². The fraction of sp³-hybridized carbons (Fsp3) is 0.357. The maximum atomic E-state index is 12.0. The number of aliphatic hydroxyl groups excluding tert-OH is 5. The highest BCUT2D eigenvalue weighted by molar-refractivity contribution is 5.80. The van der Waals surface area contributed by atoms with Crippen molar-refractivity contribution in [3.63, 3.8) is 0 Å². The van der Waals surface area contributed by atoms with Crippen molar-refractivity contribution >= 4 is 16.7 Å². The molecule has 2 heterocycles. The number of hydrogen-bond acceptors (Lipinski definition) is 8. The number of aliphatic hydroxyl groups is 5. The zero-order chi connectivity index (χ0) is 17.4. The molecule has 24 heavy (non-hydrogen) atoms. The van der Waals surface area contributed by atoms with Crippen molar-refractivity contribution < 1.29 is 25.5 Å². The molecule has 0 fully saturated rings. The third-order valence-electron chi connectivity index (χ3n) is 3.82. The Bertz CT molecular complexity index is 922. The molecular formula is C14H16N4O6. The molecule has 0 spiro atoms. The first-order valence-corrected chi connectivity index (χ1v) is 7.15. The Hall–Kier alpha value is -2.37. The Kier molecular flexibility index (Phi) is 4.30. The van der Waals surface area contributed by atoms with Gasteiger partial charge in [0.1, 0.15) is 24.4 Å². The minimum atomic E-state index is -1.83. The smallest absolute Gasteiger partial charge is 0.260 e. The van der Waals surface area contributed by atoms with E-state index in [0.29, 0.717) is 10.9 Å². The van der Waals surface area contributed by atoms with Gasteiger partial charge in [0.25, 0.3) is 5.56 Å². The fourth-order valence-electron chi connectivity index (χ4n) is 2.51. The summed E-state index contributed by atoms with van der Waals surface area (Å²) in [5, 5.41) is 56.1. The van der Waals surface area contributed by atoms with E-state index in [4.69, 9.17) is 5.11 Å². The summed E-state index contributed by atoms with van der Waals surface area (Å²) in [7, 11) is 0. The standard InChI is InChI=1S/C14H16N4O6/c19-5-8(20)9(21)10(22)11(23)12-16-17-14-15-13(24)6-3-1-2-4-7(6)18(12)14/h1-4,8-11,19-23H,5H2,(H,15,17,24)/t8-,9-,10+,11-/m1/s1.